The van der Waals surface area contributed by atoms with Crippen LogP contribution >= 0.6 is 0 Å². The van der Waals surface area contributed by atoms with E-state index in [-0.39, 0.29) is 0 Å². The molecule has 0 saturated carbocycles. The minimum absolute atomic E-state index is 0.296. The lowest BCUT2D eigenvalue weighted by atomic mass is 10.1. The molecule has 0 aromatic carbocycles. The first kappa shape index (κ1) is 16.8. The fourth-order valence-corrected chi connectivity index (χ4v) is 3.42. The zero-order valence-electron chi connectivity index (χ0n) is 14.4. The maximum atomic E-state index is 6.06. The summed E-state index contributed by atoms with van der Waals surface area (Å²) in [7, 11) is 0. The van der Waals surface area contributed by atoms with Crippen molar-refractivity contribution < 1.29 is 18.3 Å². The summed E-state index contributed by atoms with van der Waals surface area (Å²) < 4.78 is 22.7. The molecule has 0 bridgehead atoms. The van der Waals surface area contributed by atoms with Crippen molar-refractivity contribution in [3.63, 3.8) is 0 Å². The highest BCUT2D eigenvalue weighted by Gasteiger charge is 2.23. The summed E-state index contributed by atoms with van der Waals surface area (Å²) in [6.07, 6.45) is 7.88. The fraction of sp³-hybridized carbons (Fsp3) is 0.667. The molecule has 2 fully saturated rings. The average molecular weight is 347 g/mol. The Morgan fingerprint density at radius 1 is 1.16 bits per heavy atom. The van der Waals surface area contributed by atoms with Crippen LogP contribution in [-0.2, 0) is 16.0 Å². The van der Waals surface area contributed by atoms with Crippen molar-refractivity contribution in [1.82, 2.24) is 15.1 Å². The highest BCUT2D eigenvalue weighted by atomic mass is 16.5. The van der Waals surface area contributed by atoms with Crippen molar-refractivity contribution in [3.8, 4) is 11.7 Å². The standard InChI is InChI=1S/C18H25N3O4/c1-2-10-22-15(4-1)13-24-14-6-8-21(9-7-14)12-17-19-20-18(25-17)16-5-3-11-23-16/h3,5,11,14-15H,1-2,4,6-10,12-13H2/t15-/m0/s1. The Balaban J connectivity index is 1.20. The molecule has 0 N–H and O–H groups in total. The lowest BCUT2D eigenvalue weighted by Gasteiger charge is -2.32. The zero-order chi connectivity index (χ0) is 16.9. The predicted octanol–water partition coefficient (Wildman–Crippen LogP) is 2.88. The van der Waals surface area contributed by atoms with Gasteiger partial charge in [0, 0.05) is 19.7 Å². The average Bonchev–Trinajstić information content (AvgIpc) is 3.34. The van der Waals surface area contributed by atoms with Gasteiger partial charge < -0.3 is 18.3 Å². The van der Waals surface area contributed by atoms with E-state index in [4.69, 9.17) is 18.3 Å². The van der Waals surface area contributed by atoms with Gasteiger partial charge in [0.05, 0.1) is 31.6 Å². The molecule has 0 unspecified atom stereocenters. The van der Waals surface area contributed by atoms with E-state index >= 15 is 0 Å². The number of likely N-dealkylation sites (tertiary alicyclic amines) is 1. The van der Waals surface area contributed by atoms with Crippen LogP contribution in [0.4, 0.5) is 0 Å². The lowest BCUT2D eigenvalue weighted by molar-refractivity contribution is -0.0756. The summed E-state index contributed by atoms with van der Waals surface area (Å²) in [5, 5.41) is 8.16. The molecule has 4 rings (SSSR count). The number of aromatic nitrogens is 2. The molecule has 2 aliphatic rings. The Morgan fingerprint density at radius 2 is 2.08 bits per heavy atom. The molecule has 2 saturated heterocycles. The topological polar surface area (TPSA) is 73.8 Å². The van der Waals surface area contributed by atoms with Crippen molar-refractivity contribution in [2.24, 2.45) is 0 Å². The fourth-order valence-electron chi connectivity index (χ4n) is 3.42. The van der Waals surface area contributed by atoms with Crippen molar-refractivity contribution in [2.45, 2.75) is 50.9 Å². The third kappa shape index (κ3) is 4.48. The minimum atomic E-state index is 0.296. The number of piperidine rings is 1. The molecule has 2 aromatic heterocycles. The van der Waals surface area contributed by atoms with E-state index < -0.39 is 0 Å². The zero-order valence-corrected chi connectivity index (χ0v) is 14.4. The van der Waals surface area contributed by atoms with Crippen LogP contribution in [0, 0.1) is 0 Å². The van der Waals surface area contributed by atoms with Gasteiger partial charge in [-0.1, -0.05) is 0 Å². The van der Waals surface area contributed by atoms with Crippen LogP contribution < -0.4 is 0 Å². The monoisotopic (exact) mass is 347 g/mol. The van der Waals surface area contributed by atoms with E-state index in [0.717, 1.165) is 45.6 Å². The van der Waals surface area contributed by atoms with Crippen molar-refractivity contribution >= 4 is 0 Å². The Hall–Kier alpha value is -1.70. The number of furan rings is 1. The van der Waals surface area contributed by atoms with E-state index in [1.807, 2.05) is 12.1 Å². The van der Waals surface area contributed by atoms with Crippen LogP contribution in [0.3, 0.4) is 0 Å². The molecule has 0 radical (unpaired) electrons. The van der Waals surface area contributed by atoms with Gasteiger partial charge in [-0.3, -0.25) is 4.90 Å². The number of hydrogen-bond donors (Lipinski definition) is 0. The van der Waals surface area contributed by atoms with Crippen LogP contribution in [-0.4, -0.2) is 53.6 Å². The van der Waals surface area contributed by atoms with E-state index in [9.17, 15) is 0 Å². The molecule has 25 heavy (non-hydrogen) atoms. The van der Waals surface area contributed by atoms with Gasteiger partial charge in [0.1, 0.15) is 0 Å². The molecule has 7 heteroatoms. The van der Waals surface area contributed by atoms with Crippen molar-refractivity contribution in [1.29, 1.82) is 0 Å². The van der Waals surface area contributed by atoms with Crippen LogP contribution in [0.1, 0.15) is 38.0 Å². The molecule has 0 aliphatic carbocycles. The first-order chi connectivity index (χ1) is 12.4. The second-order valence-corrected chi connectivity index (χ2v) is 6.78. The molecule has 0 amide bonds. The summed E-state index contributed by atoms with van der Waals surface area (Å²) in [5.41, 5.74) is 0. The van der Waals surface area contributed by atoms with Crippen LogP contribution in [0.15, 0.2) is 27.2 Å². The Labute approximate surface area is 147 Å². The Kier molecular flexibility index (Phi) is 5.44. The van der Waals surface area contributed by atoms with E-state index in [0.29, 0.717) is 36.3 Å². The number of hydrogen-bond acceptors (Lipinski definition) is 7. The van der Waals surface area contributed by atoms with Gasteiger partial charge in [0.15, 0.2) is 5.76 Å². The molecule has 0 spiro atoms. The van der Waals surface area contributed by atoms with Gasteiger partial charge in [-0.15, -0.1) is 10.2 Å². The van der Waals surface area contributed by atoms with Crippen LogP contribution in [0.5, 0.6) is 0 Å². The SMILES string of the molecule is c1coc(-c2nnc(CN3CCC(OC[C@@H]4CCCCO4)CC3)o2)c1. The number of rotatable bonds is 6. The molecule has 4 heterocycles. The van der Waals surface area contributed by atoms with Gasteiger partial charge in [-0.25, -0.2) is 0 Å². The maximum Gasteiger partial charge on any atom is 0.283 e. The van der Waals surface area contributed by atoms with Gasteiger partial charge in [0.25, 0.3) is 5.89 Å². The first-order valence-corrected chi connectivity index (χ1v) is 9.18. The van der Waals surface area contributed by atoms with E-state index in [2.05, 4.69) is 15.1 Å². The molecular weight excluding hydrogens is 322 g/mol. The molecule has 1 atom stereocenters. The highest BCUT2D eigenvalue weighted by Crippen LogP contribution is 2.21. The molecule has 2 aromatic rings. The second kappa shape index (κ2) is 8.12. The summed E-state index contributed by atoms with van der Waals surface area (Å²) in [6.45, 7) is 4.26. The summed E-state index contributed by atoms with van der Waals surface area (Å²) in [4.78, 5) is 2.33. The molecular formula is C18H25N3O4. The van der Waals surface area contributed by atoms with Crippen molar-refractivity contribution in [3.05, 3.63) is 24.3 Å². The second-order valence-electron chi connectivity index (χ2n) is 6.78. The smallest absolute Gasteiger partial charge is 0.283 e. The number of nitrogens with zero attached hydrogens (tertiary/aromatic N) is 3. The normalized spacial score (nSPS) is 23.1. The maximum absolute atomic E-state index is 6.06. The number of ether oxygens (including phenoxy) is 2. The largest absolute Gasteiger partial charge is 0.459 e. The molecule has 136 valence electrons. The van der Waals surface area contributed by atoms with Gasteiger partial charge in [-0.05, 0) is 44.2 Å². The van der Waals surface area contributed by atoms with Crippen molar-refractivity contribution in [2.75, 3.05) is 26.3 Å². The van der Waals surface area contributed by atoms with Crippen LogP contribution in [0.2, 0.25) is 0 Å². The first-order valence-electron chi connectivity index (χ1n) is 9.18. The summed E-state index contributed by atoms with van der Waals surface area (Å²) in [5.74, 6) is 1.67. The van der Waals surface area contributed by atoms with Gasteiger partial charge >= 0.3 is 0 Å². The van der Waals surface area contributed by atoms with Gasteiger partial charge in [-0.2, -0.15) is 0 Å². The highest BCUT2D eigenvalue weighted by molar-refractivity contribution is 5.42. The molecule has 7 nitrogen and oxygen atoms in total. The molecule has 2 aliphatic heterocycles. The van der Waals surface area contributed by atoms with E-state index in [1.54, 1.807) is 6.26 Å². The third-order valence-corrected chi connectivity index (χ3v) is 4.88. The van der Waals surface area contributed by atoms with E-state index in [1.165, 1.54) is 12.8 Å². The minimum Gasteiger partial charge on any atom is -0.459 e. The van der Waals surface area contributed by atoms with Gasteiger partial charge in [0.2, 0.25) is 5.89 Å². The predicted molar refractivity (Wildman–Crippen MR) is 89.8 cm³/mol. The third-order valence-electron chi connectivity index (χ3n) is 4.88. The quantitative estimate of drug-likeness (QED) is 0.795. The summed E-state index contributed by atoms with van der Waals surface area (Å²) >= 11 is 0. The lowest BCUT2D eigenvalue weighted by Crippen LogP contribution is -2.38. The summed E-state index contributed by atoms with van der Waals surface area (Å²) in [6, 6.07) is 3.62. The van der Waals surface area contributed by atoms with Crippen LogP contribution in [0.25, 0.3) is 11.7 Å². The Bertz CT molecular complexity index is 629. The Morgan fingerprint density at radius 3 is 2.84 bits per heavy atom.